The Balaban J connectivity index is 0. The van der Waals surface area contributed by atoms with E-state index < -0.39 is 6.63 Å². The Bertz CT molecular complexity index is 325. The summed E-state index contributed by atoms with van der Waals surface area (Å²) in [6, 6.07) is 20.0. The van der Waals surface area contributed by atoms with Gasteiger partial charge in [-0.05, 0) is 24.9 Å². The van der Waals surface area contributed by atoms with Crippen LogP contribution in [0.15, 0.2) is 60.7 Å². The van der Waals surface area contributed by atoms with Gasteiger partial charge in [-0.2, -0.15) is 36.4 Å². The summed E-state index contributed by atoms with van der Waals surface area (Å²) >= 11 is 0. The van der Waals surface area contributed by atoms with Crippen LogP contribution in [-0.2, 0) is 26.2 Å². The molecule has 0 aromatic heterocycles. The molecule has 0 aliphatic carbocycles. The molecule has 0 amide bonds. The third kappa shape index (κ3) is 9.56. The van der Waals surface area contributed by atoms with Crippen molar-refractivity contribution < 1.29 is 26.2 Å². The van der Waals surface area contributed by atoms with E-state index in [1.54, 1.807) is 0 Å². The molecule has 0 saturated carbocycles. The van der Waals surface area contributed by atoms with Crippen LogP contribution in [0.1, 0.15) is 0 Å². The minimum atomic E-state index is -0.815. The van der Waals surface area contributed by atoms with Gasteiger partial charge < -0.3 is 6.55 Å². The van der Waals surface area contributed by atoms with E-state index in [9.17, 15) is 0 Å². The van der Waals surface area contributed by atoms with Crippen LogP contribution in [-0.4, -0.2) is 31.6 Å². The van der Waals surface area contributed by atoms with E-state index in [4.69, 9.17) is 6.55 Å². The summed E-state index contributed by atoms with van der Waals surface area (Å²) < 4.78 is 0. The first-order valence-corrected chi connectivity index (χ1v) is 22.6. The molecule has 0 unspecified atom stereocenters. The van der Waals surface area contributed by atoms with Crippen molar-refractivity contribution in [2.24, 2.45) is 0 Å². The fraction of sp³-hybridized carbons (Fsp3) is 0.353. The zero-order chi connectivity index (χ0) is 16.3. The van der Waals surface area contributed by atoms with Crippen molar-refractivity contribution in [3.05, 3.63) is 67.2 Å². The predicted octanol–water partition coefficient (Wildman–Crippen LogP) is 4.31. The molecule has 0 bridgehead atoms. The van der Waals surface area contributed by atoms with E-state index in [0.29, 0.717) is 0 Å². The van der Waals surface area contributed by atoms with Gasteiger partial charge in [0.15, 0.2) is 0 Å². The molecule has 0 aliphatic heterocycles. The summed E-state index contributed by atoms with van der Waals surface area (Å²) in [5.74, 6) is 0. The SMILES string of the molecule is [CH2-][Si]([SiH](C)C)([SiH](C)C)[SiH](C)C.[Zr+3].c1cc[cH-]c1.c1cc[cH-]c1. The molecule has 0 fully saturated rings. The van der Waals surface area contributed by atoms with Crippen molar-refractivity contribution in [1.82, 2.24) is 0 Å². The largest absolute Gasteiger partial charge is 3.00 e. The first-order chi connectivity index (χ1) is 9.83. The van der Waals surface area contributed by atoms with Crippen LogP contribution < -0.4 is 0 Å². The van der Waals surface area contributed by atoms with Gasteiger partial charge in [0.05, 0.1) is 0 Å². The van der Waals surface area contributed by atoms with Crippen molar-refractivity contribution in [3.63, 3.8) is 0 Å². The Hall–Kier alpha value is 0.451. The molecule has 121 valence electrons. The molecule has 0 aliphatic rings. The summed E-state index contributed by atoms with van der Waals surface area (Å²) in [5.41, 5.74) is 0. The van der Waals surface area contributed by atoms with Gasteiger partial charge in [0, 0.05) is 0 Å². The van der Waals surface area contributed by atoms with Crippen LogP contribution in [0.25, 0.3) is 0 Å². The molecule has 2 aromatic carbocycles. The summed E-state index contributed by atoms with van der Waals surface area (Å²) in [5, 5.41) is 0. The predicted molar refractivity (Wildman–Crippen MR) is 112 cm³/mol. The van der Waals surface area contributed by atoms with Gasteiger partial charge in [-0.3, -0.25) is 0 Å². The van der Waals surface area contributed by atoms with Gasteiger partial charge in [-0.25, -0.2) is 24.3 Å². The van der Waals surface area contributed by atoms with Gasteiger partial charge in [-0.1, -0.05) is 39.3 Å². The smallest absolute Gasteiger partial charge is 0.348 e. The molecule has 5 heteroatoms. The Morgan fingerprint density at radius 2 is 0.864 bits per heavy atom. The minimum absolute atomic E-state index is 0. The van der Waals surface area contributed by atoms with Gasteiger partial charge in [-0.15, -0.1) is 6.63 Å². The maximum absolute atomic E-state index is 4.69. The van der Waals surface area contributed by atoms with Crippen LogP contribution >= 0.6 is 0 Å². The summed E-state index contributed by atoms with van der Waals surface area (Å²) in [4.78, 5) is 0. The molecule has 0 saturated heterocycles. The maximum Gasteiger partial charge on any atom is 3.00 e. The fourth-order valence-corrected chi connectivity index (χ4v) is 54.6. The molecule has 0 N–H and O–H groups in total. The van der Waals surface area contributed by atoms with Gasteiger partial charge in [0.25, 0.3) is 0 Å². The van der Waals surface area contributed by atoms with E-state index in [-0.39, 0.29) is 51.1 Å². The zero-order valence-electron chi connectivity index (χ0n) is 15.2. The van der Waals surface area contributed by atoms with E-state index in [0.717, 1.165) is 0 Å². The molecule has 0 nitrogen and oxygen atoms in total. The normalized spacial score (nSPS) is 10.5. The monoisotopic (exact) mass is 439 g/mol. The second-order valence-electron chi connectivity index (χ2n) is 6.50. The Morgan fingerprint density at radius 1 is 0.636 bits per heavy atom. The van der Waals surface area contributed by atoms with E-state index >= 15 is 0 Å². The van der Waals surface area contributed by atoms with E-state index in [1.807, 2.05) is 60.7 Å². The third-order valence-corrected chi connectivity index (χ3v) is 66.1. The van der Waals surface area contributed by atoms with E-state index in [1.165, 1.54) is 0 Å². The Morgan fingerprint density at radius 3 is 0.909 bits per heavy atom. The first-order valence-electron chi connectivity index (χ1n) is 8.02. The molecular formula is C17H33Si4Zr. The summed E-state index contributed by atoms with van der Waals surface area (Å²) in [7, 11) is -1.09. The van der Waals surface area contributed by atoms with Gasteiger partial charge >= 0.3 is 26.2 Å². The van der Waals surface area contributed by atoms with Gasteiger partial charge in [0.1, 0.15) is 0 Å². The molecule has 2 rings (SSSR count). The zero-order valence-corrected chi connectivity index (χ0v) is 22.1. The molecule has 1 radical (unpaired) electrons. The fourth-order valence-electron chi connectivity index (χ4n) is 2.64. The first kappa shape index (κ1) is 24.7. The van der Waals surface area contributed by atoms with Crippen molar-refractivity contribution in [2.45, 2.75) is 39.3 Å². The molecule has 2 aromatic rings. The van der Waals surface area contributed by atoms with Crippen LogP contribution in [0.5, 0.6) is 0 Å². The standard InChI is InChI=1S/C7H23Si4.2C5H5.Zr/c1-8(2)11(7,9(3)4)10(5)6;2*1-2-4-5-3-1;/h8-10H,7H2,1-6H3;2*1-5H;/q3*-1;+3. The average molecular weight is 441 g/mol. The summed E-state index contributed by atoms with van der Waals surface area (Å²) in [6.07, 6.45) is 0. The van der Waals surface area contributed by atoms with Gasteiger partial charge in [0.2, 0.25) is 0 Å². The van der Waals surface area contributed by atoms with Crippen molar-refractivity contribution in [2.75, 3.05) is 0 Å². The second kappa shape index (κ2) is 13.9. The van der Waals surface area contributed by atoms with Crippen molar-refractivity contribution in [3.8, 4) is 0 Å². The van der Waals surface area contributed by atoms with E-state index in [2.05, 4.69) is 39.3 Å². The van der Waals surface area contributed by atoms with Crippen molar-refractivity contribution >= 4 is 31.6 Å². The second-order valence-corrected chi connectivity index (χ2v) is 41.7. The Kier molecular flexibility index (Phi) is 15.5. The number of hydrogen-bond donors (Lipinski definition) is 0. The Labute approximate surface area is 163 Å². The van der Waals surface area contributed by atoms with Crippen LogP contribution in [0.3, 0.4) is 0 Å². The molecular weight excluding hydrogens is 408 g/mol. The number of hydrogen-bond acceptors (Lipinski definition) is 0. The average Bonchev–Trinajstić information content (AvgIpc) is 3.13. The van der Waals surface area contributed by atoms with Crippen LogP contribution in [0.2, 0.25) is 39.3 Å². The molecule has 22 heavy (non-hydrogen) atoms. The van der Waals surface area contributed by atoms with Crippen molar-refractivity contribution in [1.29, 1.82) is 0 Å². The molecule has 0 heterocycles. The number of rotatable bonds is 3. The van der Waals surface area contributed by atoms with Crippen LogP contribution in [0, 0.1) is 6.55 Å². The molecule has 0 spiro atoms. The third-order valence-electron chi connectivity index (χ3n) is 4.34. The van der Waals surface area contributed by atoms with Crippen LogP contribution in [0.4, 0.5) is 0 Å². The molecule has 0 atom stereocenters. The quantitative estimate of drug-likeness (QED) is 0.492. The maximum atomic E-state index is 4.69. The minimum Gasteiger partial charge on any atom is -0.348 e. The topological polar surface area (TPSA) is 0 Å². The summed E-state index contributed by atoms with van der Waals surface area (Å²) in [6.45, 7) is 19.1.